The van der Waals surface area contributed by atoms with E-state index in [2.05, 4.69) is 115 Å². The Morgan fingerprint density at radius 1 is 0.596 bits per heavy atom. The quantitative estimate of drug-likeness (QED) is 0.104. The Bertz CT molecular complexity index is 2120. The van der Waals surface area contributed by atoms with E-state index in [1.54, 1.807) is 7.11 Å². The molecule has 1 N–H and O–H groups in total. The fourth-order valence-corrected chi connectivity index (χ4v) is 5.79. The van der Waals surface area contributed by atoms with E-state index in [9.17, 15) is 34.8 Å². The zero-order valence-electron chi connectivity index (χ0n) is 24.5. The summed E-state index contributed by atoms with van der Waals surface area (Å²) in [5, 5.41) is -1.13. The number of alkyl halides is 6. The van der Waals surface area contributed by atoms with Crippen LogP contribution in [0.15, 0.2) is 127 Å². The van der Waals surface area contributed by atoms with Gasteiger partial charge < -0.3 is 4.74 Å². The van der Waals surface area contributed by atoms with Crippen molar-refractivity contribution in [2.75, 3.05) is 7.11 Å². The number of benzene rings is 6. The summed E-state index contributed by atoms with van der Waals surface area (Å²) < 4.78 is 102. The fourth-order valence-electron chi connectivity index (χ4n) is 5.36. The molecule has 0 fully saturated rings. The third-order valence-corrected chi connectivity index (χ3v) is 8.48. The number of hydrogen-bond donors (Lipinski definition) is 1. The summed E-state index contributed by atoms with van der Waals surface area (Å²) in [6.07, 6.45) is -4.90. The molecule has 0 amide bonds. The standard InChI is InChI=1S/C33H24O.C3H2F6O3S/c1-34-26-21-19-23(20-22-26)27-17-10-18-30-31(24-11-4-2-5-12-24)28-15-8-9-16-29(28)32(33(27)30)25-13-6-3-7-14-25;4-1(5)2(6,7)3(8,9)13(10,11)12/h2-22H,1H3;1H,(H,10,11,12). The van der Waals surface area contributed by atoms with Gasteiger partial charge in [0.1, 0.15) is 5.75 Å². The Hall–Kier alpha value is -4.87. The summed E-state index contributed by atoms with van der Waals surface area (Å²) >= 11 is 0. The lowest BCUT2D eigenvalue weighted by atomic mass is 9.83. The molecule has 6 aromatic rings. The lowest BCUT2D eigenvalue weighted by Gasteiger charge is -2.22. The first-order valence-corrected chi connectivity index (χ1v) is 15.5. The van der Waals surface area contributed by atoms with Crippen molar-refractivity contribution >= 4 is 31.7 Å². The minimum Gasteiger partial charge on any atom is -0.497 e. The topological polar surface area (TPSA) is 63.6 Å². The van der Waals surface area contributed by atoms with Crippen LogP contribution in [0.5, 0.6) is 5.75 Å². The van der Waals surface area contributed by atoms with Gasteiger partial charge in [0.05, 0.1) is 7.11 Å². The maximum absolute atomic E-state index is 11.9. The second-order valence-corrected chi connectivity index (χ2v) is 11.9. The van der Waals surface area contributed by atoms with E-state index in [1.807, 2.05) is 12.1 Å². The van der Waals surface area contributed by atoms with Crippen LogP contribution in [0.25, 0.3) is 54.9 Å². The van der Waals surface area contributed by atoms with Gasteiger partial charge in [-0.3, -0.25) is 4.55 Å². The molecule has 0 saturated carbocycles. The number of hydrogen-bond acceptors (Lipinski definition) is 3. The Kier molecular flexibility index (Phi) is 9.33. The maximum atomic E-state index is 11.9. The Morgan fingerprint density at radius 3 is 1.53 bits per heavy atom. The highest BCUT2D eigenvalue weighted by Crippen LogP contribution is 2.47. The highest BCUT2D eigenvalue weighted by molar-refractivity contribution is 7.87. The molecule has 0 aromatic heterocycles. The van der Waals surface area contributed by atoms with Gasteiger partial charge in [-0.2, -0.15) is 26.0 Å². The molecule has 0 bridgehead atoms. The number of fused-ring (bicyclic) bond motifs is 2. The van der Waals surface area contributed by atoms with Crippen molar-refractivity contribution in [1.29, 1.82) is 0 Å². The first kappa shape index (κ1) is 33.5. The van der Waals surface area contributed by atoms with E-state index in [0.29, 0.717) is 0 Å². The van der Waals surface area contributed by atoms with Gasteiger partial charge >= 0.3 is 27.7 Å². The summed E-state index contributed by atoms with van der Waals surface area (Å²) in [4.78, 5) is 0. The van der Waals surface area contributed by atoms with E-state index in [4.69, 9.17) is 9.29 Å². The van der Waals surface area contributed by atoms with Gasteiger partial charge in [-0.1, -0.05) is 115 Å². The van der Waals surface area contributed by atoms with Gasteiger partial charge in [0.15, 0.2) is 0 Å². The largest absolute Gasteiger partial charge is 0.497 e. The molecule has 6 aromatic carbocycles. The second kappa shape index (κ2) is 13.1. The molecule has 0 aliphatic heterocycles. The highest BCUT2D eigenvalue weighted by Gasteiger charge is 2.70. The van der Waals surface area contributed by atoms with Gasteiger partial charge in [0, 0.05) is 0 Å². The molecule has 0 saturated heterocycles. The maximum Gasteiger partial charge on any atom is 0.437 e. The number of ether oxygens (including phenoxy) is 1. The Balaban J connectivity index is 0.000000285. The number of methoxy groups -OCH3 is 1. The SMILES string of the molecule is COc1ccc(-c2cccc3c(-c4ccccc4)c4ccccc4c(-c4ccccc4)c23)cc1.O=S(=O)(O)C(F)(F)C(F)(F)C(F)F. The molecule has 0 aliphatic carbocycles. The van der Waals surface area contributed by atoms with Gasteiger partial charge in [-0.15, -0.1) is 0 Å². The van der Waals surface area contributed by atoms with Crippen LogP contribution >= 0.6 is 0 Å². The third-order valence-electron chi connectivity index (χ3n) is 7.56. The molecule has 11 heteroatoms. The average molecular weight is 669 g/mol. The van der Waals surface area contributed by atoms with Gasteiger partial charge in [0.2, 0.25) is 0 Å². The minimum absolute atomic E-state index is 0.864. The predicted molar refractivity (Wildman–Crippen MR) is 172 cm³/mol. The predicted octanol–water partition coefficient (Wildman–Crippen LogP) is 10.4. The van der Waals surface area contributed by atoms with Crippen LogP contribution in [0, 0.1) is 0 Å². The van der Waals surface area contributed by atoms with Crippen molar-refractivity contribution in [3.05, 3.63) is 127 Å². The Labute approximate surface area is 266 Å². The first-order valence-electron chi connectivity index (χ1n) is 14.0. The van der Waals surface area contributed by atoms with Crippen LogP contribution in [0.2, 0.25) is 0 Å². The van der Waals surface area contributed by atoms with Crippen molar-refractivity contribution < 1.29 is 44.0 Å². The van der Waals surface area contributed by atoms with Gasteiger partial charge in [0.25, 0.3) is 0 Å². The van der Waals surface area contributed by atoms with E-state index in [-0.39, 0.29) is 0 Å². The second-order valence-electron chi connectivity index (χ2n) is 10.4. The van der Waals surface area contributed by atoms with Crippen molar-refractivity contribution in [3.8, 4) is 39.1 Å². The normalized spacial score (nSPS) is 12.2. The van der Waals surface area contributed by atoms with Crippen molar-refractivity contribution in [2.45, 2.75) is 17.6 Å². The zero-order chi connectivity index (χ0) is 34.0. The first-order chi connectivity index (χ1) is 22.3. The van der Waals surface area contributed by atoms with Crippen molar-refractivity contribution in [1.82, 2.24) is 0 Å². The molecule has 0 radical (unpaired) electrons. The smallest absolute Gasteiger partial charge is 0.437 e. The van der Waals surface area contributed by atoms with E-state index >= 15 is 0 Å². The van der Waals surface area contributed by atoms with Crippen LogP contribution in [0.1, 0.15) is 0 Å². The van der Waals surface area contributed by atoms with Gasteiger partial charge in [-0.05, 0) is 67.1 Å². The van der Waals surface area contributed by atoms with Crippen LogP contribution in [-0.4, -0.2) is 37.7 Å². The van der Waals surface area contributed by atoms with Crippen molar-refractivity contribution in [3.63, 3.8) is 0 Å². The minimum atomic E-state index is -6.57. The summed E-state index contributed by atoms with van der Waals surface area (Å²) in [5.74, 6) is -5.26. The molecule has 0 aliphatic rings. The van der Waals surface area contributed by atoms with Crippen LogP contribution in [0.4, 0.5) is 26.3 Å². The zero-order valence-corrected chi connectivity index (χ0v) is 25.4. The van der Waals surface area contributed by atoms with Gasteiger partial charge in [-0.25, -0.2) is 8.78 Å². The Morgan fingerprint density at radius 2 is 1.06 bits per heavy atom. The van der Waals surface area contributed by atoms with Crippen LogP contribution < -0.4 is 4.74 Å². The molecular weight excluding hydrogens is 642 g/mol. The average Bonchev–Trinajstić information content (AvgIpc) is 3.07. The summed E-state index contributed by atoms with van der Waals surface area (Å²) in [6.45, 7) is 0. The lowest BCUT2D eigenvalue weighted by molar-refractivity contribution is -0.227. The molecule has 0 heterocycles. The van der Waals surface area contributed by atoms with E-state index < -0.39 is 27.7 Å². The van der Waals surface area contributed by atoms with Crippen LogP contribution in [0.3, 0.4) is 0 Å². The monoisotopic (exact) mass is 668 g/mol. The third kappa shape index (κ3) is 6.28. The molecule has 242 valence electrons. The summed E-state index contributed by atoms with van der Waals surface area (Å²) in [5.41, 5.74) is 7.41. The molecular formula is C36H26F6O4S. The van der Waals surface area contributed by atoms with Crippen LogP contribution in [-0.2, 0) is 10.1 Å². The number of rotatable bonds is 7. The summed E-state index contributed by atoms with van der Waals surface area (Å²) in [6, 6.07) is 45.4. The highest BCUT2D eigenvalue weighted by atomic mass is 32.2. The molecule has 0 spiro atoms. The number of halogens is 6. The molecule has 4 nitrogen and oxygen atoms in total. The molecule has 6 rings (SSSR count). The van der Waals surface area contributed by atoms with E-state index in [1.165, 1.54) is 54.9 Å². The summed E-state index contributed by atoms with van der Waals surface area (Å²) in [7, 11) is -4.86. The molecule has 0 atom stereocenters. The molecule has 47 heavy (non-hydrogen) atoms. The van der Waals surface area contributed by atoms with Crippen molar-refractivity contribution in [2.24, 2.45) is 0 Å². The fraction of sp³-hybridized carbons (Fsp3) is 0.111. The van der Waals surface area contributed by atoms with E-state index in [0.717, 1.165) is 5.75 Å². The lowest BCUT2D eigenvalue weighted by Crippen LogP contribution is -2.51. The molecule has 0 unspecified atom stereocenters.